The molecule has 0 aliphatic carbocycles. The molecule has 0 radical (unpaired) electrons. The van der Waals surface area contributed by atoms with Crippen molar-refractivity contribution < 1.29 is 27.8 Å². The molecule has 0 saturated heterocycles. The van der Waals surface area contributed by atoms with Crippen LogP contribution in [0.5, 0.6) is 11.5 Å². The van der Waals surface area contributed by atoms with Gasteiger partial charge in [0.2, 0.25) is 5.91 Å². The zero-order chi connectivity index (χ0) is 18.4. The molecule has 2 rings (SSSR count). The van der Waals surface area contributed by atoms with E-state index in [-0.39, 0.29) is 12.1 Å². The molecule has 2 N–H and O–H groups in total. The predicted octanol–water partition coefficient (Wildman–Crippen LogP) is 2.35. The Kier molecular flexibility index (Phi) is 5.89. The third kappa shape index (κ3) is 4.66. The highest BCUT2D eigenvalue weighted by Crippen LogP contribution is 2.28. The first kappa shape index (κ1) is 18.2. The van der Waals surface area contributed by atoms with E-state index < -0.39 is 23.4 Å². The lowest BCUT2D eigenvalue weighted by Gasteiger charge is -2.12. The standard InChI is InChI=1S/C17H16F2N2O4/c1-24-11-4-6-15(25-2)14(8-11)21-16(22)9-20-17(23)10-3-5-12(18)13(19)7-10/h3-8H,9H2,1-2H3,(H,20,23)(H,21,22). The van der Waals surface area contributed by atoms with Gasteiger partial charge in [-0.25, -0.2) is 8.78 Å². The molecule has 0 aromatic heterocycles. The lowest BCUT2D eigenvalue weighted by Crippen LogP contribution is -2.33. The fourth-order valence-electron chi connectivity index (χ4n) is 2.01. The lowest BCUT2D eigenvalue weighted by atomic mass is 10.2. The highest BCUT2D eigenvalue weighted by Gasteiger charge is 2.13. The van der Waals surface area contributed by atoms with Gasteiger partial charge in [0.05, 0.1) is 26.5 Å². The lowest BCUT2D eigenvalue weighted by molar-refractivity contribution is -0.115. The zero-order valence-electron chi connectivity index (χ0n) is 13.6. The van der Waals surface area contributed by atoms with Crippen LogP contribution in [-0.4, -0.2) is 32.6 Å². The van der Waals surface area contributed by atoms with Crippen molar-refractivity contribution in [2.24, 2.45) is 0 Å². The number of ether oxygens (including phenoxy) is 2. The molecule has 8 heteroatoms. The van der Waals surface area contributed by atoms with Gasteiger partial charge in [-0.3, -0.25) is 9.59 Å². The van der Waals surface area contributed by atoms with Crippen molar-refractivity contribution >= 4 is 17.5 Å². The van der Waals surface area contributed by atoms with Gasteiger partial charge in [-0.2, -0.15) is 0 Å². The van der Waals surface area contributed by atoms with Gasteiger partial charge in [-0.15, -0.1) is 0 Å². The van der Waals surface area contributed by atoms with Crippen LogP contribution in [0.1, 0.15) is 10.4 Å². The Hall–Kier alpha value is -3.16. The zero-order valence-corrected chi connectivity index (χ0v) is 13.6. The van der Waals surface area contributed by atoms with Crippen molar-refractivity contribution in [2.75, 3.05) is 26.1 Å². The molecule has 0 heterocycles. The number of nitrogens with one attached hydrogen (secondary N) is 2. The Morgan fingerprint density at radius 3 is 2.40 bits per heavy atom. The summed E-state index contributed by atoms with van der Waals surface area (Å²) in [4.78, 5) is 23.8. The molecular formula is C17H16F2N2O4. The third-order valence-electron chi connectivity index (χ3n) is 3.27. The highest BCUT2D eigenvalue weighted by molar-refractivity contribution is 5.99. The summed E-state index contributed by atoms with van der Waals surface area (Å²) in [7, 11) is 2.93. The van der Waals surface area contributed by atoms with Crippen molar-refractivity contribution in [3.8, 4) is 11.5 Å². The van der Waals surface area contributed by atoms with Gasteiger partial charge in [0.25, 0.3) is 5.91 Å². The molecular weight excluding hydrogens is 334 g/mol. The second kappa shape index (κ2) is 8.09. The molecule has 25 heavy (non-hydrogen) atoms. The number of amides is 2. The smallest absolute Gasteiger partial charge is 0.251 e. The summed E-state index contributed by atoms with van der Waals surface area (Å²) in [5, 5.41) is 4.89. The van der Waals surface area contributed by atoms with Gasteiger partial charge in [-0.1, -0.05) is 0 Å². The van der Waals surface area contributed by atoms with Gasteiger partial charge < -0.3 is 20.1 Å². The molecule has 2 aromatic rings. The Bertz CT molecular complexity index is 796. The van der Waals surface area contributed by atoms with Crippen LogP contribution in [0.4, 0.5) is 14.5 Å². The second-order valence-electron chi connectivity index (χ2n) is 4.93. The van der Waals surface area contributed by atoms with Crippen LogP contribution in [0.15, 0.2) is 36.4 Å². The number of anilines is 1. The maximum atomic E-state index is 13.1. The van der Waals surface area contributed by atoms with E-state index in [9.17, 15) is 18.4 Å². The molecule has 132 valence electrons. The topological polar surface area (TPSA) is 76.7 Å². The molecule has 0 bridgehead atoms. The molecule has 0 unspecified atom stereocenters. The average molecular weight is 350 g/mol. The summed E-state index contributed by atoms with van der Waals surface area (Å²) in [5.41, 5.74) is 0.277. The van der Waals surface area contributed by atoms with E-state index in [1.165, 1.54) is 14.2 Å². The van der Waals surface area contributed by atoms with E-state index in [2.05, 4.69) is 10.6 Å². The van der Waals surface area contributed by atoms with Crippen LogP contribution in [0.2, 0.25) is 0 Å². The first-order valence-corrected chi connectivity index (χ1v) is 7.19. The van der Waals surface area contributed by atoms with Gasteiger partial charge in [0.1, 0.15) is 11.5 Å². The van der Waals surface area contributed by atoms with Crippen molar-refractivity contribution in [1.82, 2.24) is 5.32 Å². The van der Waals surface area contributed by atoms with E-state index in [1.54, 1.807) is 18.2 Å². The minimum Gasteiger partial charge on any atom is -0.497 e. The van der Waals surface area contributed by atoms with Crippen molar-refractivity contribution in [1.29, 1.82) is 0 Å². The third-order valence-corrected chi connectivity index (χ3v) is 3.27. The molecule has 0 spiro atoms. The van der Waals surface area contributed by atoms with Crippen LogP contribution in [0, 0.1) is 11.6 Å². The molecule has 2 amide bonds. The number of hydrogen-bond acceptors (Lipinski definition) is 4. The van der Waals surface area contributed by atoms with Crippen molar-refractivity contribution in [2.45, 2.75) is 0 Å². The van der Waals surface area contributed by atoms with Crippen molar-refractivity contribution in [3.05, 3.63) is 53.6 Å². The second-order valence-corrected chi connectivity index (χ2v) is 4.93. The normalized spacial score (nSPS) is 10.1. The average Bonchev–Trinajstić information content (AvgIpc) is 2.61. The van der Waals surface area contributed by atoms with E-state index in [0.717, 1.165) is 18.2 Å². The number of benzene rings is 2. The summed E-state index contributed by atoms with van der Waals surface area (Å²) in [6, 6.07) is 7.57. The summed E-state index contributed by atoms with van der Waals surface area (Å²) < 4.78 is 36.2. The predicted molar refractivity (Wildman–Crippen MR) is 86.9 cm³/mol. The molecule has 0 fully saturated rings. The van der Waals surface area contributed by atoms with E-state index in [0.29, 0.717) is 17.2 Å². The number of carbonyl (C=O) groups is 2. The van der Waals surface area contributed by atoms with Crippen molar-refractivity contribution in [3.63, 3.8) is 0 Å². The summed E-state index contributed by atoms with van der Waals surface area (Å²) in [5.74, 6) is -2.49. The van der Waals surface area contributed by atoms with Crippen LogP contribution in [-0.2, 0) is 4.79 Å². The summed E-state index contributed by atoms with van der Waals surface area (Å²) >= 11 is 0. The fraction of sp³-hybridized carbons (Fsp3) is 0.176. The van der Waals surface area contributed by atoms with Crippen LogP contribution >= 0.6 is 0 Å². The Morgan fingerprint density at radius 2 is 1.76 bits per heavy atom. The van der Waals surface area contributed by atoms with E-state index in [1.807, 2.05) is 0 Å². The van der Waals surface area contributed by atoms with Gasteiger partial charge in [0.15, 0.2) is 11.6 Å². The van der Waals surface area contributed by atoms with Gasteiger partial charge in [-0.05, 0) is 30.3 Å². The maximum Gasteiger partial charge on any atom is 0.251 e. The van der Waals surface area contributed by atoms with Gasteiger partial charge in [0, 0.05) is 11.6 Å². The van der Waals surface area contributed by atoms with E-state index >= 15 is 0 Å². The van der Waals surface area contributed by atoms with Gasteiger partial charge >= 0.3 is 0 Å². The molecule has 2 aromatic carbocycles. The van der Waals surface area contributed by atoms with Crippen LogP contribution < -0.4 is 20.1 Å². The number of carbonyl (C=O) groups excluding carboxylic acids is 2. The fourth-order valence-corrected chi connectivity index (χ4v) is 2.01. The quantitative estimate of drug-likeness (QED) is 0.838. The first-order valence-electron chi connectivity index (χ1n) is 7.19. The Labute approximate surface area is 142 Å². The molecule has 0 atom stereocenters. The SMILES string of the molecule is COc1ccc(OC)c(NC(=O)CNC(=O)c2ccc(F)c(F)c2)c1. The summed E-state index contributed by atoms with van der Waals surface area (Å²) in [6.45, 7) is -0.363. The largest absolute Gasteiger partial charge is 0.497 e. The molecule has 0 saturated carbocycles. The molecule has 0 aliphatic rings. The number of rotatable bonds is 6. The first-order chi connectivity index (χ1) is 11.9. The van der Waals surface area contributed by atoms with E-state index in [4.69, 9.17) is 9.47 Å². The Balaban J connectivity index is 1.98. The van der Waals surface area contributed by atoms with Crippen LogP contribution in [0.25, 0.3) is 0 Å². The number of methoxy groups -OCH3 is 2. The minimum absolute atomic E-state index is 0.0920. The van der Waals surface area contributed by atoms with Crippen LogP contribution in [0.3, 0.4) is 0 Å². The highest BCUT2D eigenvalue weighted by atomic mass is 19.2. The number of hydrogen-bond donors (Lipinski definition) is 2. The Morgan fingerprint density at radius 1 is 1.00 bits per heavy atom. The summed E-state index contributed by atoms with van der Waals surface area (Å²) in [6.07, 6.45) is 0. The molecule has 0 aliphatic heterocycles. The minimum atomic E-state index is -1.14. The maximum absolute atomic E-state index is 13.1. The number of halogens is 2. The molecule has 6 nitrogen and oxygen atoms in total. The monoisotopic (exact) mass is 350 g/mol.